The van der Waals surface area contributed by atoms with Crippen molar-refractivity contribution in [1.82, 2.24) is 20.1 Å². The van der Waals surface area contributed by atoms with Gasteiger partial charge >= 0.3 is 6.18 Å². The van der Waals surface area contributed by atoms with Crippen LogP contribution in [0.2, 0.25) is 0 Å². The Hall–Kier alpha value is -2.93. The standard InChI is InChI=1S/C19H21F3N6O/c1-3-15-13(5-4-6-24-15)17(19(20,21)22)27-7-8-28(12(2)11-27)16-10-25-26-18(29)14(16)9-23/h4-6,10,12,17H,3,7-8,11H2,1-2H3,(H,26,29)/t12-,17?/m1/s1. The van der Waals surface area contributed by atoms with Crippen LogP contribution < -0.4 is 10.5 Å². The zero-order valence-corrected chi connectivity index (χ0v) is 16.1. The van der Waals surface area contributed by atoms with E-state index in [0.29, 0.717) is 17.8 Å². The third kappa shape index (κ3) is 4.10. The fourth-order valence-corrected chi connectivity index (χ4v) is 3.87. The van der Waals surface area contributed by atoms with Gasteiger partial charge in [-0.2, -0.15) is 23.5 Å². The molecule has 1 N–H and O–H groups in total. The molecule has 1 aliphatic heterocycles. The molecule has 0 radical (unpaired) electrons. The summed E-state index contributed by atoms with van der Waals surface area (Å²) in [5.41, 5.74) is 0.223. The van der Waals surface area contributed by atoms with Gasteiger partial charge in [-0.25, -0.2) is 5.10 Å². The van der Waals surface area contributed by atoms with E-state index in [4.69, 9.17) is 0 Å². The van der Waals surface area contributed by atoms with E-state index in [1.54, 1.807) is 18.7 Å². The Labute approximate surface area is 165 Å². The third-order valence-electron chi connectivity index (χ3n) is 5.15. The second-order valence-corrected chi connectivity index (χ2v) is 6.95. The lowest BCUT2D eigenvalue weighted by Gasteiger charge is -2.44. The zero-order chi connectivity index (χ0) is 21.2. The van der Waals surface area contributed by atoms with E-state index >= 15 is 0 Å². The van der Waals surface area contributed by atoms with Crippen molar-refractivity contribution < 1.29 is 13.2 Å². The molecule has 0 amide bonds. The second-order valence-electron chi connectivity index (χ2n) is 6.95. The Kier molecular flexibility index (Phi) is 5.88. The van der Waals surface area contributed by atoms with Crippen molar-refractivity contribution >= 4 is 5.69 Å². The van der Waals surface area contributed by atoms with Crippen molar-refractivity contribution in [2.45, 2.75) is 38.5 Å². The monoisotopic (exact) mass is 406 g/mol. The molecule has 10 heteroatoms. The highest BCUT2D eigenvalue weighted by Crippen LogP contribution is 2.40. The molecular formula is C19H21F3N6O. The highest BCUT2D eigenvalue weighted by Gasteiger charge is 2.47. The van der Waals surface area contributed by atoms with Gasteiger partial charge in [-0.15, -0.1) is 0 Å². The highest BCUT2D eigenvalue weighted by molar-refractivity contribution is 5.57. The first-order chi connectivity index (χ1) is 13.8. The minimum atomic E-state index is -4.46. The van der Waals surface area contributed by atoms with Crippen molar-refractivity contribution in [2.24, 2.45) is 0 Å². The molecule has 1 fully saturated rings. The van der Waals surface area contributed by atoms with Crippen LogP contribution in [0.1, 0.15) is 36.7 Å². The fourth-order valence-electron chi connectivity index (χ4n) is 3.87. The Morgan fingerprint density at radius 1 is 1.41 bits per heavy atom. The first kappa shape index (κ1) is 20.8. The highest BCUT2D eigenvalue weighted by atomic mass is 19.4. The largest absolute Gasteiger partial charge is 0.408 e. The number of anilines is 1. The van der Waals surface area contributed by atoms with Crippen LogP contribution in [0.15, 0.2) is 29.3 Å². The predicted octanol–water partition coefficient (Wildman–Crippen LogP) is 2.41. The maximum atomic E-state index is 14.0. The van der Waals surface area contributed by atoms with Gasteiger partial charge in [0.25, 0.3) is 5.56 Å². The maximum absolute atomic E-state index is 14.0. The number of rotatable bonds is 4. The van der Waals surface area contributed by atoms with Gasteiger partial charge in [0.15, 0.2) is 0 Å². The van der Waals surface area contributed by atoms with Gasteiger partial charge in [-0.05, 0) is 25.0 Å². The van der Waals surface area contributed by atoms with Crippen LogP contribution in [0.25, 0.3) is 0 Å². The van der Waals surface area contributed by atoms with Crippen LogP contribution in [0.5, 0.6) is 0 Å². The van der Waals surface area contributed by atoms with Crippen LogP contribution in [0, 0.1) is 11.3 Å². The van der Waals surface area contributed by atoms with Crippen LogP contribution >= 0.6 is 0 Å². The normalized spacial score (nSPS) is 19.0. The van der Waals surface area contributed by atoms with Gasteiger partial charge in [0.2, 0.25) is 0 Å². The first-order valence-corrected chi connectivity index (χ1v) is 9.26. The minimum Gasteiger partial charge on any atom is -0.364 e. The molecule has 2 aromatic heterocycles. The van der Waals surface area contributed by atoms with Crippen molar-refractivity contribution in [3.8, 4) is 6.07 Å². The molecule has 0 spiro atoms. The number of aryl methyl sites for hydroxylation is 1. The molecule has 3 rings (SSSR count). The van der Waals surface area contributed by atoms with Crippen molar-refractivity contribution in [1.29, 1.82) is 5.26 Å². The number of alkyl halides is 3. The Morgan fingerprint density at radius 2 is 2.17 bits per heavy atom. The summed E-state index contributed by atoms with van der Waals surface area (Å²) in [6.45, 7) is 4.01. The van der Waals surface area contributed by atoms with Crippen molar-refractivity contribution in [3.63, 3.8) is 0 Å². The number of hydrogen-bond donors (Lipinski definition) is 1. The lowest BCUT2D eigenvalue weighted by molar-refractivity contribution is -0.188. The Balaban J connectivity index is 1.92. The number of nitrogens with one attached hydrogen (secondary N) is 1. The van der Waals surface area contributed by atoms with Crippen LogP contribution in [0.4, 0.5) is 18.9 Å². The van der Waals surface area contributed by atoms with E-state index in [2.05, 4.69) is 15.2 Å². The summed E-state index contributed by atoms with van der Waals surface area (Å²) in [7, 11) is 0. The van der Waals surface area contributed by atoms with Crippen LogP contribution in [-0.4, -0.2) is 51.9 Å². The summed E-state index contributed by atoms with van der Waals surface area (Å²) in [6, 6.07) is 2.74. The van der Waals surface area contributed by atoms with Gasteiger partial charge in [-0.3, -0.25) is 14.7 Å². The fraction of sp³-hybridized carbons (Fsp3) is 0.474. The second kappa shape index (κ2) is 8.21. The number of nitrogens with zero attached hydrogens (tertiary/aromatic N) is 5. The Bertz CT molecular complexity index is 967. The lowest BCUT2D eigenvalue weighted by atomic mass is 9.99. The lowest BCUT2D eigenvalue weighted by Crippen LogP contribution is -2.55. The number of nitriles is 1. The molecule has 154 valence electrons. The SMILES string of the molecule is CCc1ncccc1C(N1CCN(c2cn[nH]c(=O)c2C#N)[C@H](C)C1)C(F)(F)F. The Morgan fingerprint density at radius 3 is 2.79 bits per heavy atom. The number of pyridine rings is 1. The van der Waals surface area contributed by atoms with E-state index in [1.807, 2.05) is 6.07 Å². The van der Waals surface area contributed by atoms with Gasteiger partial charge in [0.05, 0.1) is 11.9 Å². The van der Waals surface area contributed by atoms with E-state index in [0.717, 1.165) is 0 Å². The zero-order valence-electron chi connectivity index (χ0n) is 16.1. The molecular weight excluding hydrogens is 385 g/mol. The van der Waals surface area contributed by atoms with Crippen LogP contribution in [0.3, 0.4) is 0 Å². The molecule has 0 aliphatic carbocycles. The molecule has 1 aliphatic rings. The molecule has 3 heterocycles. The van der Waals surface area contributed by atoms with E-state index in [1.165, 1.54) is 29.4 Å². The molecule has 0 saturated carbocycles. The van der Waals surface area contributed by atoms with Gasteiger partial charge in [0, 0.05) is 37.6 Å². The average Bonchev–Trinajstić information content (AvgIpc) is 2.67. The maximum Gasteiger partial charge on any atom is 0.408 e. The van der Waals surface area contributed by atoms with E-state index < -0.39 is 17.8 Å². The molecule has 2 aromatic rings. The molecule has 0 bridgehead atoms. The van der Waals surface area contributed by atoms with Gasteiger partial charge < -0.3 is 4.90 Å². The molecule has 7 nitrogen and oxygen atoms in total. The summed E-state index contributed by atoms with van der Waals surface area (Å²) >= 11 is 0. The molecule has 2 atom stereocenters. The molecule has 1 saturated heterocycles. The number of piperazine rings is 1. The number of aromatic amines is 1. The van der Waals surface area contributed by atoms with Gasteiger partial charge in [-0.1, -0.05) is 13.0 Å². The van der Waals surface area contributed by atoms with Crippen LogP contribution in [-0.2, 0) is 6.42 Å². The summed E-state index contributed by atoms with van der Waals surface area (Å²) in [5, 5.41) is 15.2. The molecule has 1 unspecified atom stereocenters. The smallest absolute Gasteiger partial charge is 0.364 e. The average molecular weight is 406 g/mol. The minimum absolute atomic E-state index is 0.0896. The summed E-state index contributed by atoms with van der Waals surface area (Å²) in [6.07, 6.45) is -1.19. The van der Waals surface area contributed by atoms with Crippen molar-refractivity contribution in [2.75, 3.05) is 24.5 Å². The predicted molar refractivity (Wildman–Crippen MR) is 100 cm³/mol. The summed E-state index contributed by atoms with van der Waals surface area (Å²) in [5.74, 6) is 0. The third-order valence-corrected chi connectivity index (χ3v) is 5.15. The topological polar surface area (TPSA) is 88.9 Å². The molecule has 29 heavy (non-hydrogen) atoms. The number of aromatic nitrogens is 3. The number of H-pyrrole nitrogens is 1. The number of hydrogen-bond acceptors (Lipinski definition) is 6. The first-order valence-electron chi connectivity index (χ1n) is 9.26. The van der Waals surface area contributed by atoms with Gasteiger partial charge in [0.1, 0.15) is 17.7 Å². The summed E-state index contributed by atoms with van der Waals surface area (Å²) < 4.78 is 42.1. The summed E-state index contributed by atoms with van der Waals surface area (Å²) in [4.78, 5) is 19.1. The van der Waals surface area contributed by atoms with Crippen molar-refractivity contribution in [3.05, 3.63) is 51.7 Å². The number of halogens is 3. The van der Waals surface area contributed by atoms with E-state index in [-0.39, 0.29) is 36.8 Å². The van der Waals surface area contributed by atoms with E-state index in [9.17, 15) is 23.2 Å². The quantitative estimate of drug-likeness (QED) is 0.839. The molecule has 0 aromatic carbocycles.